The highest BCUT2D eigenvalue weighted by Gasteiger charge is 2.33. The first-order chi connectivity index (χ1) is 10.0. The van der Waals surface area contributed by atoms with Gasteiger partial charge >= 0.3 is 0 Å². The van der Waals surface area contributed by atoms with Crippen LogP contribution < -0.4 is 0 Å². The molecule has 0 aromatic heterocycles. The van der Waals surface area contributed by atoms with Gasteiger partial charge in [0.1, 0.15) is 0 Å². The molecule has 0 unspecified atom stereocenters. The summed E-state index contributed by atoms with van der Waals surface area (Å²) in [5.41, 5.74) is 1.09. The van der Waals surface area contributed by atoms with Gasteiger partial charge in [0.15, 0.2) is 0 Å². The van der Waals surface area contributed by atoms with E-state index in [-0.39, 0.29) is 12.3 Å². The van der Waals surface area contributed by atoms with Crippen molar-refractivity contribution in [2.75, 3.05) is 13.6 Å². The topological polar surface area (TPSA) is 64.3 Å². The predicted molar refractivity (Wildman–Crippen MR) is 80.5 cm³/mol. The van der Waals surface area contributed by atoms with Gasteiger partial charge in [-0.3, -0.25) is 4.79 Å². The molecule has 1 amide bonds. The smallest absolute Gasteiger partial charge is 0.226 e. The number of rotatable bonds is 5. The molecule has 0 atom stereocenters. The van der Waals surface area contributed by atoms with Crippen LogP contribution in [0.1, 0.15) is 36.8 Å². The summed E-state index contributed by atoms with van der Waals surface area (Å²) in [6.45, 7) is 0.395. The number of carbonyl (C=O) groups excluding carboxylic acids is 1. The lowest BCUT2D eigenvalue weighted by atomic mass is 10.00. The zero-order chi connectivity index (χ0) is 15.3. The monoisotopic (exact) mass is 286 g/mol. The Bertz CT molecular complexity index is 542. The van der Waals surface area contributed by atoms with Gasteiger partial charge < -0.3 is 10.0 Å². The standard InChI is InChI=1S/C17H22N2O2/c1-19(13-17(21)9-4-5-10-17)16(20)12-15-7-3-2-6-14(15)8-11-18/h2-3,6-7,21H,4-5,8-10,12-13H2,1H3. The molecule has 2 rings (SSSR count). The van der Waals surface area contributed by atoms with Crippen molar-refractivity contribution < 1.29 is 9.90 Å². The molecule has 0 bridgehead atoms. The minimum absolute atomic E-state index is 0.0132. The Kier molecular flexibility index (Phi) is 4.98. The van der Waals surface area contributed by atoms with E-state index in [1.807, 2.05) is 24.3 Å². The molecule has 1 aliphatic rings. The number of nitrogens with zero attached hydrogens (tertiary/aromatic N) is 2. The van der Waals surface area contributed by atoms with E-state index in [0.717, 1.165) is 36.8 Å². The van der Waals surface area contributed by atoms with Gasteiger partial charge in [0.05, 0.1) is 24.5 Å². The Labute approximate surface area is 126 Å². The lowest BCUT2D eigenvalue weighted by Crippen LogP contribution is -2.42. The first-order valence-corrected chi connectivity index (χ1v) is 7.44. The van der Waals surface area contributed by atoms with Gasteiger partial charge in [-0.1, -0.05) is 37.1 Å². The summed E-state index contributed by atoms with van der Waals surface area (Å²) in [5, 5.41) is 19.2. The van der Waals surface area contributed by atoms with Crippen molar-refractivity contribution in [2.24, 2.45) is 0 Å². The Balaban J connectivity index is 1.99. The molecule has 1 aromatic carbocycles. The van der Waals surface area contributed by atoms with Crippen LogP contribution in [0.15, 0.2) is 24.3 Å². The van der Waals surface area contributed by atoms with Gasteiger partial charge in [-0.2, -0.15) is 5.26 Å². The molecular weight excluding hydrogens is 264 g/mol. The quantitative estimate of drug-likeness (QED) is 0.901. The number of likely N-dealkylation sites (N-methyl/N-ethyl adjacent to an activating group) is 1. The number of nitriles is 1. The second-order valence-electron chi connectivity index (χ2n) is 5.96. The molecule has 4 nitrogen and oxygen atoms in total. The molecule has 1 aromatic rings. The molecular formula is C17H22N2O2. The average molecular weight is 286 g/mol. The summed E-state index contributed by atoms with van der Waals surface area (Å²) in [4.78, 5) is 14.0. The van der Waals surface area contributed by atoms with Crippen LogP contribution in [-0.4, -0.2) is 35.1 Å². The minimum Gasteiger partial charge on any atom is -0.388 e. The number of aliphatic hydroxyl groups is 1. The third kappa shape index (κ3) is 4.05. The van der Waals surface area contributed by atoms with Crippen LogP contribution in [0.3, 0.4) is 0 Å². The molecule has 112 valence electrons. The average Bonchev–Trinajstić information content (AvgIpc) is 2.87. The number of benzene rings is 1. The lowest BCUT2D eigenvalue weighted by Gasteiger charge is -2.28. The zero-order valence-electron chi connectivity index (χ0n) is 12.5. The molecule has 0 spiro atoms. The zero-order valence-corrected chi connectivity index (χ0v) is 12.5. The van der Waals surface area contributed by atoms with Crippen molar-refractivity contribution in [3.05, 3.63) is 35.4 Å². The molecule has 0 saturated heterocycles. The van der Waals surface area contributed by atoms with Crippen molar-refractivity contribution in [3.8, 4) is 6.07 Å². The predicted octanol–water partition coefficient (Wildman–Crippen LogP) is 2.06. The van der Waals surface area contributed by atoms with Gasteiger partial charge in [0.2, 0.25) is 5.91 Å². The number of hydrogen-bond donors (Lipinski definition) is 1. The molecule has 1 fully saturated rings. The first-order valence-electron chi connectivity index (χ1n) is 7.44. The van der Waals surface area contributed by atoms with E-state index in [2.05, 4.69) is 6.07 Å². The second-order valence-corrected chi connectivity index (χ2v) is 5.96. The van der Waals surface area contributed by atoms with Crippen molar-refractivity contribution in [3.63, 3.8) is 0 Å². The van der Waals surface area contributed by atoms with Crippen LogP contribution in [0.5, 0.6) is 0 Å². The summed E-state index contributed by atoms with van der Waals surface area (Å²) in [6, 6.07) is 9.67. The molecule has 0 radical (unpaired) electrons. The van der Waals surface area contributed by atoms with E-state index >= 15 is 0 Å². The molecule has 1 aliphatic carbocycles. The molecule has 0 aliphatic heterocycles. The Morgan fingerprint density at radius 2 is 1.95 bits per heavy atom. The summed E-state index contributed by atoms with van der Waals surface area (Å²) in [5.74, 6) is -0.0132. The number of amides is 1. The van der Waals surface area contributed by atoms with Gasteiger partial charge in [-0.05, 0) is 24.0 Å². The van der Waals surface area contributed by atoms with Crippen molar-refractivity contribution in [2.45, 2.75) is 44.1 Å². The molecule has 4 heteroatoms. The van der Waals surface area contributed by atoms with E-state index < -0.39 is 5.60 Å². The van der Waals surface area contributed by atoms with Gasteiger partial charge in [-0.25, -0.2) is 0 Å². The van der Waals surface area contributed by atoms with Crippen LogP contribution in [0.2, 0.25) is 0 Å². The summed E-state index contributed by atoms with van der Waals surface area (Å²) >= 11 is 0. The van der Waals surface area contributed by atoms with E-state index in [1.165, 1.54) is 0 Å². The Morgan fingerprint density at radius 3 is 2.57 bits per heavy atom. The Hall–Kier alpha value is -1.86. The third-order valence-electron chi connectivity index (χ3n) is 4.22. The Morgan fingerprint density at radius 1 is 1.33 bits per heavy atom. The second kappa shape index (κ2) is 6.73. The number of carbonyl (C=O) groups is 1. The highest BCUT2D eigenvalue weighted by molar-refractivity contribution is 5.79. The molecule has 0 heterocycles. The maximum Gasteiger partial charge on any atom is 0.226 e. The summed E-state index contributed by atoms with van der Waals surface area (Å²) < 4.78 is 0. The van der Waals surface area contributed by atoms with Crippen LogP contribution in [0.4, 0.5) is 0 Å². The van der Waals surface area contributed by atoms with Crippen LogP contribution in [0, 0.1) is 11.3 Å². The van der Waals surface area contributed by atoms with Crippen molar-refractivity contribution >= 4 is 5.91 Å². The van der Waals surface area contributed by atoms with Gasteiger partial charge in [0, 0.05) is 13.6 Å². The minimum atomic E-state index is -0.712. The molecule has 21 heavy (non-hydrogen) atoms. The fourth-order valence-electron chi connectivity index (χ4n) is 3.01. The van der Waals surface area contributed by atoms with Gasteiger partial charge in [0.25, 0.3) is 0 Å². The van der Waals surface area contributed by atoms with Crippen LogP contribution in [-0.2, 0) is 17.6 Å². The van der Waals surface area contributed by atoms with Crippen molar-refractivity contribution in [1.82, 2.24) is 4.90 Å². The highest BCUT2D eigenvalue weighted by atomic mass is 16.3. The third-order valence-corrected chi connectivity index (χ3v) is 4.22. The van der Waals surface area contributed by atoms with Crippen LogP contribution in [0.25, 0.3) is 0 Å². The summed E-state index contributed by atoms with van der Waals surface area (Å²) in [6.07, 6.45) is 4.21. The molecule has 1 saturated carbocycles. The van der Waals surface area contributed by atoms with Crippen LogP contribution >= 0.6 is 0 Å². The van der Waals surface area contributed by atoms with Crippen molar-refractivity contribution in [1.29, 1.82) is 5.26 Å². The maximum absolute atomic E-state index is 12.3. The van der Waals surface area contributed by atoms with E-state index in [9.17, 15) is 9.90 Å². The highest BCUT2D eigenvalue weighted by Crippen LogP contribution is 2.30. The maximum atomic E-state index is 12.3. The van der Waals surface area contributed by atoms with E-state index in [1.54, 1.807) is 11.9 Å². The lowest BCUT2D eigenvalue weighted by molar-refractivity contribution is -0.132. The van der Waals surface area contributed by atoms with E-state index in [0.29, 0.717) is 13.0 Å². The SMILES string of the molecule is CN(CC1(O)CCCC1)C(=O)Cc1ccccc1CC#N. The van der Waals surface area contributed by atoms with E-state index in [4.69, 9.17) is 5.26 Å². The first kappa shape index (κ1) is 15.5. The molecule has 1 N–H and O–H groups in total. The normalized spacial score (nSPS) is 16.4. The fraction of sp³-hybridized carbons (Fsp3) is 0.529. The fourth-order valence-corrected chi connectivity index (χ4v) is 3.01. The summed E-state index contributed by atoms with van der Waals surface area (Å²) in [7, 11) is 1.74. The largest absolute Gasteiger partial charge is 0.388 e. The number of hydrogen-bond acceptors (Lipinski definition) is 3. The van der Waals surface area contributed by atoms with Gasteiger partial charge in [-0.15, -0.1) is 0 Å².